The average Bonchev–Trinajstić information content (AvgIpc) is 2.32. The van der Waals surface area contributed by atoms with Crippen LogP contribution in [0.4, 0.5) is 5.95 Å². The SMILES string of the molecule is N=C(N)n1ccnc1[N+](=O)[O-]. The van der Waals surface area contributed by atoms with Crippen LogP contribution in [0.5, 0.6) is 0 Å². The topological polar surface area (TPSA) is 111 Å². The van der Waals surface area contributed by atoms with Crippen LogP contribution in [0.15, 0.2) is 12.4 Å². The van der Waals surface area contributed by atoms with Gasteiger partial charge in [0.2, 0.25) is 0 Å². The molecule has 0 bridgehead atoms. The lowest BCUT2D eigenvalue weighted by molar-refractivity contribution is -0.395. The highest BCUT2D eigenvalue weighted by atomic mass is 16.6. The van der Waals surface area contributed by atoms with Crippen LogP contribution < -0.4 is 5.73 Å². The van der Waals surface area contributed by atoms with E-state index in [2.05, 4.69) is 4.98 Å². The largest absolute Gasteiger partial charge is 0.442 e. The normalized spacial score (nSPS) is 9.45. The molecule has 0 aliphatic rings. The van der Waals surface area contributed by atoms with E-state index in [4.69, 9.17) is 11.1 Å². The van der Waals surface area contributed by atoms with Crippen molar-refractivity contribution in [2.45, 2.75) is 0 Å². The summed E-state index contributed by atoms with van der Waals surface area (Å²) in [7, 11) is 0. The first-order valence-corrected chi connectivity index (χ1v) is 2.65. The molecule has 1 rings (SSSR count). The minimum atomic E-state index is -0.707. The standard InChI is InChI=1S/C4H5N5O2/c5-3(6)8-2-1-7-4(8)9(10)11/h1-2H,(H3,5,6). The number of nitrogen functional groups attached to an aromatic ring is 1. The van der Waals surface area contributed by atoms with Gasteiger partial charge in [-0.3, -0.25) is 5.41 Å². The quantitative estimate of drug-likeness (QED) is 0.247. The summed E-state index contributed by atoms with van der Waals surface area (Å²) in [6.45, 7) is 0. The maximum Gasteiger partial charge on any atom is 0.442 e. The second kappa shape index (κ2) is 2.37. The monoisotopic (exact) mass is 155 g/mol. The summed E-state index contributed by atoms with van der Waals surface area (Å²) in [6, 6.07) is 0. The summed E-state index contributed by atoms with van der Waals surface area (Å²) in [5.74, 6) is -0.869. The van der Waals surface area contributed by atoms with E-state index < -0.39 is 16.8 Å². The Labute approximate surface area is 61.1 Å². The van der Waals surface area contributed by atoms with Crippen molar-refractivity contribution in [3.63, 3.8) is 0 Å². The first-order chi connectivity index (χ1) is 5.13. The molecule has 3 N–H and O–H groups in total. The van der Waals surface area contributed by atoms with Crippen LogP contribution in [0.25, 0.3) is 0 Å². The van der Waals surface area contributed by atoms with Gasteiger partial charge in [0, 0.05) is 0 Å². The van der Waals surface area contributed by atoms with Crippen LogP contribution >= 0.6 is 0 Å². The van der Waals surface area contributed by atoms with Crippen LogP contribution in [0.2, 0.25) is 0 Å². The Morgan fingerprint density at radius 2 is 2.55 bits per heavy atom. The molecular formula is C4H5N5O2. The minimum Gasteiger partial charge on any atom is -0.390 e. The number of rotatable bonds is 1. The number of nitro groups is 1. The Morgan fingerprint density at radius 1 is 1.91 bits per heavy atom. The van der Waals surface area contributed by atoms with Gasteiger partial charge >= 0.3 is 5.95 Å². The molecule has 0 amide bonds. The Kier molecular flexibility index (Phi) is 1.55. The molecule has 0 aliphatic heterocycles. The van der Waals surface area contributed by atoms with Gasteiger partial charge in [-0.15, -0.1) is 0 Å². The predicted octanol–water partition coefficient (Wildman–Crippen LogP) is -0.467. The molecule has 7 nitrogen and oxygen atoms in total. The first kappa shape index (κ1) is 7.19. The third kappa shape index (κ3) is 1.16. The highest BCUT2D eigenvalue weighted by Gasteiger charge is 2.15. The second-order valence-electron chi connectivity index (χ2n) is 1.74. The first-order valence-electron chi connectivity index (χ1n) is 2.65. The third-order valence-electron chi connectivity index (χ3n) is 1.04. The van der Waals surface area contributed by atoms with Crippen molar-refractivity contribution in [3.05, 3.63) is 22.5 Å². The average molecular weight is 155 g/mol. The molecule has 0 aliphatic carbocycles. The third-order valence-corrected chi connectivity index (χ3v) is 1.04. The molecule has 0 saturated heterocycles. The van der Waals surface area contributed by atoms with Gasteiger partial charge in [0.25, 0.3) is 5.96 Å². The maximum atomic E-state index is 10.2. The van der Waals surface area contributed by atoms with Crippen molar-refractivity contribution >= 4 is 11.9 Å². The van der Waals surface area contributed by atoms with Crippen LogP contribution in [-0.2, 0) is 0 Å². The van der Waals surface area contributed by atoms with E-state index in [-0.39, 0.29) is 0 Å². The van der Waals surface area contributed by atoms with Crippen molar-refractivity contribution in [2.75, 3.05) is 0 Å². The number of nitrogens with one attached hydrogen (secondary N) is 1. The van der Waals surface area contributed by atoms with Crippen LogP contribution in [-0.4, -0.2) is 20.4 Å². The Balaban J connectivity index is 3.16. The van der Waals surface area contributed by atoms with Gasteiger partial charge < -0.3 is 15.8 Å². The van der Waals surface area contributed by atoms with Gasteiger partial charge in [0.15, 0.2) is 0 Å². The molecule has 0 aromatic carbocycles. The zero-order valence-corrected chi connectivity index (χ0v) is 5.39. The lowest BCUT2D eigenvalue weighted by Gasteiger charge is -1.95. The van der Waals surface area contributed by atoms with Gasteiger partial charge in [0.05, 0.1) is 0 Å². The van der Waals surface area contributed by atoms with Crippen molar-refractivity contribution in [2.24, 2.45) is 5.73 Å². The number of nitrogens with zero attached hydrogens (tertiary/aromatic N) is 3. The minimum absolute atomic E-state index is 0.422. The summed E-state index contributed by atoms with van der Waals surface area (Å²) < 4.78 is 0.875. The van der Waals surface area contributed by atoms with Gasteiger partial charge in [-0.1, -0.05) is 4.98 Å². The lowest BCUT2D eigenvalue weighted by Crippen LogP contribution is -2.21. The van der Waals surface area contributed by atoms with E-state index in [9.17, 15) is 10.1 Å². The molecule has 58 valence electrons. The fourth-order valence-corrected chi connectivity index (χ4v) is 0.619. The molecule has 1 aromatic rings. The summed E-state index contributed by atoms with van der Waals surface area (Å²) in [6.07, 6.45) is 2.46. The predicted molar refractivity (Wildman–Crippen MR) is 36.2 cm³/mol. The molecule has 1 heterocycles. The van der Waals surface area contributed by atoms with E-state index in [1.165, 1.54) is 12.4 Å². The smallest absolute Gasteiger partial charge is 0.390 e. The lowest BCUT2D eigenvalue weighted by atomic mass is 10.8. The molecular weight excluding hydrogens is 150 g/mol. The van der Waals surface area contributed by atoms with Gasteiger partial charge in [-0.25, -0.2) is 0 Å². The fraction of sp³-hybridized carbons (Fsp3) is 0. The molecule has 1 aromatic heterocycles. The van der Waals surface area contributed by atoms with Gasteiger partial charge in [-0.2, -0.15) is 4.57 Å². The molecule has 0 radical (unpaired) electrons. The van der Waals surface area contributed by atoms with Gasteiger partial charge in [-0.05, 0) is 4.92 Å². The van der Waals surface area contributed by atoms with Crippen LogP contribution in [0.3, 0.4) is 0 Å². The summed E-state index contributed by atoms with van der Waals surface area (Å²) in [5.41, 5.74) is 5.00. The molecule has 0 atom stereocenters. The zero-order chi connectivity index (χ0) is 8.43. The molecule has 0 saturated carbocycles. The Morgan fingerprint density at radius 3 is 2.91 bits per heavy atom. The Bertz CT molecular complexity index is 275. The molecule has 0 spiro atoms. The molecule has 7 heteroatoms. The van der Waals surface area contributed by atoms with Crippen molar-refractivity contribution in [1.82, 2.24) is 9.55 Å². The highest BCUT2D eigenvalue weighted by molar-refractivity contribution is 5.78. The number of aromatic nitrogens is 2. The number of hydrogen-bond acceptors (Lipinski definition) is 4. The van der Waals surface area contributed by atoms with Crippen molar-refractivity contribution < 1.29 is 4.92 Å². The fourth-order valence-electron chi connectivity index (χ4n) is 0.619. The van der Waals surface area contributed by atoms with Crippen LogP contribution in [0, 0.1) is 15.5 Å². The van der Waals surface area contributed by atoms with Crippen molar-refractivity contribution in [3.8, 4) is 0 Å². The number of hydrogen-bond donors (Lipinski definition) is 2. The number of imidazole rings is 1. The van der Waals surface area contributed by atoms with Crippen LogP contribution in [0.1, 0.15) is 0 Å². The molecule has 11 heavy (non-hydrogen) atoms. The van der Waals surface area contributed by atoms with E-state index in [0.29, 0.717) is 0 Å². The van der Waals surface area contributed by atoms with Gasteiger partial charge in [0.1, 0.15) is 12.4 Å². The molecule has 0 unspecified atom stereocenters. The summed E-state index contributed by atoms with van der Waals surface area (Å²) in [4.78, 5) is 12.8. The van der Waals surface area contributed by atoms with E-state index in [0.717, 1.165) is 4.57 Å². The zero-order valence-electron chi connectivity index (χ0n) is 5.39. The van der Waals surface area contributed by atoms with E-state index in [1.54, 1.807) is 0 Å². The maximum absolute atomic E-state index is 10.2. The van der Waals surface area contributed by atoms with Crippen molar-refractivity contribution in [1.29, 1.82) is 5.41 Å². The Hall–Kier alpha value is -1.92. The summed E-state index contributed by atoms with van der Waals surface area (Å²) in [5, 5.41) is 17.0. The highest BCUT2D eigenvalue weighted by Crippen LogP contribution is 2.04. The van der Waals surface area contributed by atoms with E-state index in [1.807, 2.05) is 0 Å². The molecule has 0 fully saturated rings. The number of nitrogens with two attached hydrogens (primary N) is 1. The summed E-state index contributed by atoms with van der Waals surface area (Å²) >= 11 is 0. The van der Waals surface area contributed by atoms with E-state index >= 15 is 0 Å². The second-order valence-corrected chi connectivity index (χ2v) is 1.74.